The van der Waals surface area contributed by atoms with Crippen molar-refractivity contribution in [1.29, 1.82) is 0 Å². The van der Waals surface area contributed by atoms with Crippen LogP contribution in [0.5, 0.6) is 0 Å². The summed E-state index contributed by atoms with van der Waals surface area (Å²) in [7, 11) is 0. The van der Waals surface area contributed by atoms with E-state index in [0.717, 1.165) is 11.2 Å². The fourth-order valence-electron chi connectivity index (χ4n) is 2.68. The van der Waals surface area contributed by atoms with Gasteiger partial charge in [-0.15, -0.1) is 0 Å². The molecule has 0 bridgehead atoms. The Balaban J connectivity index is 1.94. The summed E-state index contributed by atoms with van der Waals surface area (Å²) in [6, 6.07) is 14.7. The topological polar surface area (TPSA) is 39.2 Å². The van der Waals surface area contributed by atoms with Crippen molar-refractivity contribution < 1.29 is 4.42 Å². The molecule has 1 saturated carbocycles. The summed E-state index contributed by atoms with van der Waals surface area (Å²) in [5, 5.41) is 2.36. The first kappa shape index (κ1) is 10.2. The van der Waals surface area contributed by atoms with Crippen molar-refractivity contribution in [2.45, 2.75) is 18.9 Å². The number of furan rings is 1. The van der Waals surface area contributed by atoms with E-state index < -0.39 is 0 Å². The van der Waals surface area contributed by atoms with Crippen molar-refractivity contribution in [3.8, 4) is 0 Å². The van der Waals surface area contributed by atoms with E-state index in [1.54, 1.807) is 0 Å². The van der Waals surface area contributed by atoms with Crippen molar-refractivity contribution in [1.82, 2.24) is 0 Å². The van der Waals surface area contributed by atoms with Gasteiger partial charge >= 0.3 is 0 Å². The lowest BCUT2D eigenvalue weighted by Gasteiger charge is -2.10. The van der Waals surface area contributed by atoms with Crippen LogP contribution in [0, 0.1) is 5.92 Å². The van der Waals surface area contributed by atoms with Gasteiger partial charge in [0.1, 0.15) is 11.2 Å². The fraction of sp³-hybridized carbons (Fsp3) is 0.250. The van der Waals surface area contributed by atoms with Gasteiger partial charge in [-0.05, 0) is 42.5 Å². The molecule has 1 atom stereocenters. The third-order valence-corrected chi connectivity index (χ3v) is 3.92. The molecule has 2 heteroatoms. The summed E-state index contributed by atoms with van der Waals surface area (Å²) in [5.41, 5.74) is 9.40. The summed E-state index contributed by atoms with van der Waals surface area (Å²) in [4.78, 5) is 0. The quantitative estimate of drug-likeness (QED) is 0.731. The van der Waals surface area contributed by atoms with Crippen molar-refractivity contribution in [2.75, 3.05) is 0 Å². The summed E-state index contributed by atoms with van der Waals surface area (Å²) in [6.07, 6.45) is 2.54. The van der Waals surface area contributed by atoms with Gasteiger partial charge in [-0.2, -0.15) is 0 Å². The molecular weight excluding hydrogens is 222 g/mol. The Labute approximate surface area is 105 Å². The van der Waals surface area contributed by atoms with Crippen LogP contribution in [-0.4, -0.2) is 0 Å². The van der Waals surface area contributed by atoms with Crippen LogP contribution in [-0.2, 0) is 0 Å². The highest BCUT2D eigenvalue weighted by atomic mass is 16.3. The SMILES string of the molecule is NC(c1ccc2oc3ccccc3c2c1)C1CC1. The van der Waals surface area contributed by atoms with Gasteiger partial charge in [-0.3, -0.25) is 0 Å². The molecule has 1 aromatic heterocycles. The highest BCUT2D eigenvalue weighted by Crippen LogP contribution is 2.40. The number of benzene rings is 2. The second-order valence-corrected chi connectivity index (χ2v) is 5.22. The number of para-hydroxylation sites is 1. The van der Waals surface area contributed by atoms with E-state index in [0.29, 0.717) is 5.92 Å². The van der Waals surface area contributed by atoms with E-state index in [2.05, 4.69) is 18.2 Å². The molecule has 0 spiro atoms. The van der Waals surface area contributed by atoms with E-state index >= 15 is 0 Å². The standard InChI is InChI=1S/C16H15NO/c17-16(10-5-6-10)11-7-8-15-13(9-11)12-3-1-2-4-14(12)18-15/h1-4,7-10,16H,5-6,17H2. The second-order valence-electron chi connectivity index (χ2n) is 5.22. The Morgan fingerprint density at radius 3 is 2.61 bits per heavy atom. The van der Waals surface area contributed by atoms with Gasteiger partial charge in [0.2, 0.25) is 0 Å². The van der Waals surface area contributed by atoms with Gasteiger partial charge in [0, 0.05) is 16.8 Å². The Bertz CT molecular complexity index is 724. The van der Waals surface area contributed by atoms with Gasteiger partial charge in [0.25, 0.3) is 0 Å². The van der Waals surface area contributed by atoms with Crippen molar-refractivity contribution in [3.63, 3.8) is 0 Å². The van der Waals surface area contributed by atoms with Gasteiger partial charge < -0.3 is 10.2 Å². The molecule has 1 heterocycles. The number of fused-ring (bicyclic) bond motifs is 3. The highest BCUT2D eigenvalue weighted by molar-refractivity contribution is 6.05. The molecule has 0 radical (unpaired) electrons. The van der Waals surface area contributed by atoms with E-state index in [-0.39, 0.29) is 6.04 Å². The summed E-state index contributed by atoms with van der Waals surface area (Å²) in [5.74, 6) is 0.681. The monoisotopic (exact) mass is 237 g/mol. The summed E-state index contributed by atoms with van der Waals surface area (Å²) < 4.78 is 5.82. The molecule has 2 aromatic carbocycles. The number of hydrogen-bond acceptors (Lipinski definition) is 2. The molecule has 90 valence electrons. The molecule has 2 nitrogen and oxygen atoms in total. The van der Waals surface area contributed by atoms with Crippen LogP contribution in [0.25, 0.3) is 21.9 Å². The molecule has 2 N–H and O–H groups in total. The van der Waals surface area contributed by atoms with Crippen LogP contribution in [0.4, 0.5) is 0 Å². The minimum Gasteiger partial charge on any atom is -0.456 e. The first-order chi connectivity index (χ1) is 8.83. The summed E-state index contributed by atoms with van der Waals surface area (Å²) in [6.45, 7) is 0. The average molecular weight is 237 g/mol. The van der Waals surface area contributed by atoms with Crippen LogP contribution < -0.4 is 5.73 Å². The van der Waals surface area contributed by atoms with Crippen LogP contribution in [0.2, 0.25) is 0 Å². The largest absolute Gasteiger partial charge is 0.456 e. The van der Waals surface area contributed by atoms with Gasteiger partial charge in [0.15, 0.2) is 0 Å². The lowest BCUT2D eigenvalue weighted by molar-refractivity contribution is 0.633. The molecule has 1 fully saturated rings. The van der Waals surface area contributed by atoms with Gasteiger partial charge in [-0.1, -0.05) is 24.3 Å². The zero-order valence-corrected chi connectivity index (χ0v) is 10.1. The lowest BCUT2D eigenvalue weighted by Crippen LogP contribution is -2.11. The van der Waals surface area contributed by atoms with Crippen molar-refractivity contribution in [3.05, 3.63) is 48.0 Å². The molecule has 1 aliphatic rings. The minimum absolute atomic E-state index is 0.183. The van der Waals surface area contributed by atoms with Crippen molar-refractivity contribution in [2.24, 2.45) is 11.7 Å². The Hall–Kier alpha value is -1.80. The Morgan fingerprint density at radius 1 is 1.00 bits per heavy atom. The Morgan fingerprint density at radius 2 is 1.78 bits per heavy atom. The van der Waals surface area contributed by atoms with Crippen LogP contribution in [0.15, 0.2) is 46.9 Å². The van der Waals surface area contributed by atoms with Gasteiger partial charge in [-0.25, -0.2) is 0 Å². The van der Waals surface area contributed by atoms with Crippen LogP contribution >= 0.6 is 0 Å². The van der Waals surface area contributed by atoms with E-state index in [9.17, 15) is 0 Å². The maximum atomic E-state index is 6.27. The maximum absolute atomic E-state index is 6.27. The minimum atomic E-state index is 0.183. The van der Waals surface area contributed by atoms with Crippen molar-refractivity contribution >= 4 is 21.9 Å². The highest BCUT2D eigenvalue weighted by Gasteiger charge is 2.29. The molecule has 0 saturated heterocycles. The molecule has 0 amide bonds. The second kappa shape index (κ2) is 3.59. The predicted molar refractivity (Wildman–Crippen MR) is 73.4 cm³/mol. The molecular formula is C16H15NO. The lowest BCUT2D eigenvalue weighted by atomic mass is 10.0. The zero-order chi connectivity index (χ0) is 12.1. The Kier molecular flexibility index (Phi) is 2.03. The fourth-order valence-corrected chi connectivity index (χ4v) is 2.68. The molecule has 18 heavy (non-hydrogen) atoms. The van der Waals surface area contributed by atoms with E-state index in [4.69, 9.17) is 10.2 Å². The van der Waals surface area contributed by atoms with Crippen LogP contribution in [0.1, 0.15) is 24.4 Å². The third kappa shape index (κ3) is 1.46. The zero-order valence-electron chi connectivity index (χ0n) is 10.1. The third-order valence-electron chi connectivity index (χ3n) is 3.92. The predicted octanol–water partition coefficient (Wildman–Crippen LogP) is 4.00. The smallest absolute Gasteiger partial charge is 0.135 e. The first-order valence-electron chi connectivity index (χ1n) is 6.50. The maximum Gasteiger partial charge on any atom is 0.135 e. The molecule has 4 rings (SSSR count). The molecule has 3 aromatic rings. The molecule has 1 aliphatic carbocycles. The van der Waals surface area contributed by atoms with Gasteiger partial charge in [0.05, 0.1) is 0 Å². The normalized spacial score (nSPS) is 17.4. The molecule has 1 unspecified atom stereocenters. The number of rotatable bonds is 2. The van der Waals surface area contributed by atoms with Crippen LogP contribution in [0.3, 0.4) is 0 Å². The van der Waals surface area contributed by atoms with E-state index in [1.165, 1.54) is 29.2 Å². The average Bonchev–Trinajstić information content (AvgIpc) is 3.18. The first-order valence-corrected chi connectivity index (χ1v) is 6.50. The van der Waals surface area contributed by atoms with E-state index in [1.807, 2.05) is 24.3 Å². The number of nitrogens with two attached hydrogens (primary N) is 1. The number of hydrogen-bond donors (Lipinski definition) is 1. The molecule has 0 aliphatic heterocycles. The summed E-state index contributed by atoms with van der Waals surface area (Å²) >= 11 is 0.